The lowest BCUT2D eigenvalue weighted by Gasteiger charge is -2.44. The zero-order valence-corrected chi connectivity index (χ0v) is 14.3. The first-order valence-electron chi connectivity index (χ1n) is 8.40. The number of piperazine rings is 1. The van der Waals surface area contributed by atoms with Crippen molar-refractivity contribution in [3.63, 3.8) is 0 Å². The van der Waals surface area contributed by atoms with Crippen LogP contribution in [-0.4, -0.2) is 35.1 Å². The van der Waals surface area contributed by atoms with Crippen LogP contribution in [0.15, 0.2) is 18.3 Å². The third kappa shape index (κ3) is 4.04. The number of nitrogens with zero attached hydrogens (tertiary/aromatic N) is 2. The summed E-state index contributed by atoms with van der Waals surface area (Å²) in [6.45, 7) is 14.7. The zero-order valence-electron chi connectivity index (χ0n) is 14.3. The third-order valence-corrected chi connectivity index (χ3v) is 5.06. The van der Waals surface area contributed by atoms with E-state index in [9.17, 15) is 0 Å². The Bertz CT molecular complexity index is 444. The summed E-state index contributed by atoms with van der Waals surface area (Å²) in [6, 6.07) is 5.40. The van der Waals surface area contributed by atoms with E-state index in [1.165, 1.54) is 17.7 Å². The van der Waals surface area contributed by atoms with E-state index in [1.54, 1.807) is 0 Å². The van der Waals surface area contributed by atoms with Gasteiger partial charge < -0.3 is 5.32 Å². The van der Waals surface area contributed by atoms with Crippen molar-refractivity contribution < 1.29 is 0 Å². The fraction of sp³-hybridized carbons (Fsp3) is 0.722. The molecule has 1 aromatic rings. The molecule has 1 aromatic heterocycles. The van der Waals surface area contributed by atoms with Crippen LogP contribution in [0.25, 0.3) is 0 Å². The molecule has 21 heavy (non-hydrogen) atoms. The number of rotatable bonds is 5. The van der Waals surface area contributed by atoms with Crippen LogP contribution in [0, 0.1) is 18.8 Å². The van der Waals surface area contributed by atoms with Crippen molar-refractivity contribution in [3.05, 3.63) is 29.6 Å². The van der Waals surface area contributed by atoms with Gasteiger partial charge in [-0.25, -0.2) is 0 Å². The van der Waals surface area contributed by atoms with Crippen LogP contribution in [0.3, 0.4) is 0 Å². The maximum Gasteiger partial charge on any atom is 0.0573 e. The largest absolute Gasteiger partial charge is 0.311 e. The first-order valence-corrected chi connectivity index (χ1v) is 8.40. The predicted molar refractivity (Wildman–Crippen MR) is 89.3 cm³/mol. The second-order valence-corrected chi connectivity index (χ2v) is 6.91. The van der Waals surface area contributed by atoms with Crippen molar-refractivity contribution >= 4 is 0 Å². The minimum absolute atomic E-state index is 0.603. The molecule has 3 unspecified atom stereocenters. The molecule has 1 saturated heterocycles. The smallest absolute Gasteiger partial charge is 0.0573 e. The van der Waals surface area contributed by atoms with E-state index in [0.29, 0.717) is 18.0 Å². The molecule has 0 saturated carbocycles. The number of aryl methyl sites for hydroxylation is 1. The van der Waals surface area contributed by atoms with Crippen molar-refractivity contribution in [1.29, 1.82) is 0 Å². The van der Waals surface area contributed by atoms with Gasteiger partial charge in [0.1, 0.15) is 0 Å². The summed E-state index contributed by atoms with van der Waals surface area (Å²) in [6.07, 6.45) is 3.15. The Morgan fingerprint density at radius 1 is 1.38 bits per heavy atom. The maximum absolute atomic E-state index is 4.59. The van der Waals surface area contributed by atoms with Gasteiger partial charge in [0.05, 0.1) is 5.69 Å². The summed E-state index contributed by atoms with van der Waals surface area (Å²) in [5.41, 5.74) is 2.53. The molecule has 118 valence electrons. The van der Waals surface area contributed by atoms with E-state index < -0.39 is 0 Å². The molecule has 0 aromatic carbocycles. The highest BCUT2D eigenvalue weighted by molar-refractivity contribution is 5.17. The van der Waals surface area contributed by atoms with E-state index in [4.69, 9.17) is 0 Å². The summed E-state index contributed by atoms with van der Waals surface area (Å²) in [5, 5.41) is 3.77. The Labute approximate surface area is 130 Å². The van der Waals surface area contributed by atoms with Gasteiger partial charge in [0.15, 0.2) is 0 Å². The lowest BCUT2D eigenvalue weighted by molar-refractivity contribution is 0.0740. The van der Waals surface area contributed by atoms with Gasteiger partial charge in [0.2, 0.25) is 0 Å². The standard InChI is InChI=1S/C18H31N3/c1-6-14(4)16-11-21(18(10-20-16)13(2)3)12-17-15(5)8-7-9-19-17/h7-9,13-14,16,18,20H,6,10-12H2,1-5H3. The van der Waals surface area contributed by atoms with Gasteiger partial charge in [-0.15, -0.1) is 0 Å². The number of aromatic nitrogens is 1. The quantitative estimate of drug-likeness (QED) is 0.902. The molecular formula is C18H31N3. The maximum atomic E-state index is 4.59. The molecule has 0 spiro atoms. The van der Waals surface area contributed by atoms with E-state index >= 15 is 0 Å². The minimum Gasteiger partial charge on any atom is -0.311 e. The molecule has 0 amide bonds. The van der Waals surface area contributed by atoms with E-state index in [0.717, 1.165) is 25.6 Å². The summed E-state index contributed by atoms with van der Waals surface area (Å²) in [4.78, 5) is 7.24. The van der Waals surface area contributed by atoms with E-state index in [1.807, 2.05) is 12.3 Å². The van der Waals surface area contributed by atoms with Crippen molar-refractivity contribution in [1.82, 2.24) is 15.2 Å². The Kier molecular flexibility index (Phi) is 5.77. The fourth-order valence-corrected chi connectivity index (χ4v) is 3.23. The molecule has 1 aliphatic rings. The first kappa shape index (κ1) is 16.4. The van der Waals surface area contributed by atoms with Gasteiger partial charge in [-0.3, -0.25) is 9.88 Å². The Morgan fingerprint density at radius 2 is 2.14 bits per heavy atom. The van der Waals surface area contributed by atoms with Crippen LogP contribution < -0.4 is 5.32 Å². The highest BCUT2D eigenvalue weighted by atomic mass is 15.2. The van der Waals surface area contributed by atoms with Gasteiger partial charge in [-0.1, -0.05) is 40.2 Å². The highest BCUT2D eigenvalue weighted by Gasteiger charge is 2.32. The van der Waals surface area contributed by atoms with Gasteiger partial charge in [0, 0.05) is 37.9 Å². The average Bonchev–Trinajstić information content (AvgIpc) is 2.48. The lowest BCUT2D eigenvalue weighted by atomic mass is 9.92. The second-order valence-electron chi connectivity index (χ2n) is 6.91. The highest BCUT2D eigenvalue weighted by Crippen LogP contribution is 2.22. The molecule has 0 aliphatic carbocycles. The van der Waals surface area contributed by atoms with Gasteiger partial charge in [0.25, 0.3) is 0 Å². The molecule has 2 rings (SSSR count). The zero-order chi connectivity index (χ0) is 15.4. The van der Waals surface area contributed by atoms with E-state index in [2.05, 4.69) is 55.9 Å². The average molecular weight is 289 g/mol. The molecular weight excluding hydrogens is 258 g/mol. The van der Waals surface area contributed by atoms with Crippen LogP contribution in [0.5, 0.6) is 0 Å². The van der Waals surface area contributed by atoms with Crippen molar-refractivity contribution in [2.75, 3.05) is 13.1 Å². The normalized spacial score (nSPS) is 25.2. The Balaban J connectivity index is 2.12. The molecule has 2 heterocycles. The second kappa shape index (κ2) is 7.37. The van der Waals surface area contributed by atoms with Crippen molar-refractivity contribution in [2.45, 2.75) is 59.7 Å². The molecule has 1 aliphatic heterocycles. The number of nitrogens with one attached hydrogen (secondary N) is 1. The molecule has 1 fully saturated rings. The topological polar surface area (TPSA) is 28.2 Å². The van der Waals surface area contributed by atoms with Crippen LogP contribution in [0.4, 0.5) is 0 Å². The monoisotopic (exact) mass is 289 g/mol. The van der Waals surface area contributed by atoms with Crippen molar-refractivity contribution in [3.8, 4) is 0 Å². The van der Waals surface area contributed by atoms with Gasteiger partial charge in [-0.2, -0.15) is 0 Å². The van der Waals surface area contributed by atoms with Crippen molar-refractivity contribution in [2.24, 2.45) is 11.8 Å². The summed E-state index contributed by atoms with van der Waals surface area (Å²) in [7, 11) is 0. The minimum atomic E-state index is 0.603. The Hall–Kier alpha value is -0.930. The number of hydrogen-bond acceptors (Lipinski definition) is 3. The summed E-state index contributed by atoms with van der Waals surface area (Å²) < 4.78 is 0. The first-order chi connectivity index (χ1) is 10.0. The molecule has 0 bridgehead atoms. The summed E-state index contributed by atoms with van der Waals surface area (Å²) >= 11 is 0. The SMILES string of the molecule is CCC(C)C1CN(Cc2ncccc2C)C(C(C)C)CN1. The van der Waals surface area contributed by atoms with Crippen LogP contribution in [-0.2, 0) is 6.54 Å². The molecule has 3 atom stereocenters. The van der Waals surface area contributed by atoms with E-state index in [-0.39, 0.29) is 0 Å². The van der Waals surface area contributed by atoms with Crippen LogP contribution >= 0.6 is 0 Å². The molecule has 0 radical (unpaired) electrons. The Morgan fingerprint density at radius 3 is 2.76 bits per heavy atom. The summed E-state index contributed by atoms with van der Waals surface area (Å²) in [5.74, 6) is 1.39. The fourth-order valence-electron chi connectivity index (χ4n) is 3.23. The molecule has 3 nitrogen and oxygen atoms in total. The molecule has 3 heteroatoms. The number of pyridine rings is 1. The van der Waals surface area contributed by atoms with Gasteiger partial charge in [-0.05, 0) is 30.4 Å². The van der Waals surface area contributed by atoms with Gasteiger partial charge >= 0.3 is 0 Å². The molecule has 1 N–H and O–H groups in total. The number of hydrogen-bond donors (Lipinski definition) is 1. The van der Waals surface area contributed by atoms with Crippen LogP contribution in [0.1, 0.15) is 45.4 Å². The third-order valence-electron chi connectivity index (χ3n) is 5.06. The van der Waals surface area contributed by atoms with Crippen LogP contribution in [0.2, 0.25) is 0 Å². The lowest BCUT2D eigenvalue weighted by Crippen LogP contribution is -2.59. The predicted octanol–water partition coefficient (Wildman–Crippen LogP) is 3.23.